The van der Waals surface area contributed by atoms with Crippen LogP contribution in [0.1, 0.15) is 34.2 Å². The Morgan fingerprint density at radius 2 is 1.74 bits per heavy atom. The van der Waals surface area contributed by atoms with Crippen molar-refractivity contribution in [2.24, 2.45) is 0 Å². The zero-order chi connectivity index (χ0) is 30.4. The van der Waals surface area contributed by atoms with Crippen LogP contribution in [0, 0.1) is 13.8 Å². The summed E-state index contributed by atoms with van der Waals surface area (Å²) in [5.41, 5.74) is 3.12. The van der Waals surface area contributed by atoms with E-state index in [1.165, 1.54) is 61.5 Å². The molecule has 4 aromatic rings. The van der Waals surface area contributed by atoms with Crippen LogP contribution >= 0.6 is 34.9 Å². The lowest BCUT2D eigenvalue weighted by atomic mass is 10.1. The average Bonchev–Trinajstić information content (AvgIpc) is 3.58. The Kier molecular flexibility index (Phi) is 10.4. The van der Waals surface area contributed by atoms with Crippen LogP contribution in [-0.4, -0.2) is 75.1 Å². The minimum atomic E-state index is -3.60. The number of rotatable bonds is 12. The van der Waals surface area contributed by atoms with Gasteiger partial charge in [0.1, 0.15) is 0 Å². The van der Waals surface area contributed by atoms with E-state index in [4.69, 9.17) is 0 Å². The third-order valence-corrected chi connectivity index (χ3v) is 10.5. The summed E-state index contributed by atoms with van der Waals surface area (Å²) in [6, 6.07) is 11.7. The van der Waals surface area contributed by atoms with Gasteiger partial charge in [0.2, 0.25) is 21.1 Å². The van der Waals surface area contributed by atoms with Gasteiger partial charge in [-0.1, -0.05) is 53.9 Å². The zero-order valence-electron chi connectivity index (χ0n) is 23.6. The van der Waals surface area contributed by atoms with E-state index < -0.39 is 15.9 Å². The van der Waals surface area contributed by atoms with Crippen LogP contribution in [0.5, 0.6) is 0 Å². The molecule has 2 aromatic heterocycles. The summed E-state index contributed by atoms with van der Waals surface area (Å²) >= 11 is 4.09. The summed E-state index contributed by atoms with van der Waals surface area (Å²) in [7, 11) is -0.712. The number of carbonyl (C=O) groups excluding carboxylic acids is 2. The molecular weight excluding hydrogens is 617 g/mol. The van der Waals surface area contributed by atoms with Crippen molar-refractivity contribution in [3.63, 3.8) is 0 Å². The second-order valence-electron chi connectivity index (χ2n) is 9.16. The number of sulfonamides is 1. The van der Waals surface area contributed by atoms with E-state index in [9.17, 15) is 18.0 Å². The molecule has 2 amide bonds. The maximum atomic E-state index is 12.9. The quantitative estimate of drug-likeness (QED) is 0.172. The number of nitrogens with zero attached hydrogens (tertiary/aromatic N) is 6. The van der Waals surface area contributed by atoms with Crippen LogP contribution in [-0.2, 0) is 21.4 Å². The fraction of sp³-hybridized carbons (Fsp3) is 0.308. The maximum absolute atomic E-state index is 12.9. The van der Waals surface area contributed by atoms with Gasteiger partial charge in [-0.25, -0.2) is 12.7 Å². The predicted octanol–water partition coefficient (Wildman–Crippen LogP) is 3.76. The van der Waals surface area contributed by atoms with Crippen molar-refractivity contribution in [1.29, 1.82) is 0 Å². The van der Waals surface area contributed by atoms with Gasteiger partial charge in [-0.05, 0) is 61.1 Å². The van der Waals surface area contributed by atoms with E-state index in [1.807, 2.05) is 43.5 Å². The monoisotopic (exact) mass is 646 g/mol. The summed E-state index contributed by atoms with van der Waals surface area (Å²) in [5, 5.41) is 23.2. The van der Waals surface area contributed by atoms with Crippen LogP contribution in [0.2, 0.25) is 0 Å². The van der Waals surface area contributed by atoms with E-state index in [0.717, 1.165) is 31.2 Å². The predicted molar refractivity (Wildman–Crippen MR) is 165 cm³/mol. The lowest BCUT2D eigenvalue weighted by molar-refractivity contribution is -0.113. The highest BCUT2D eigenvalue weighted by Crippen LogP contribution is 2.27. The van der Waals surface area contributed by atoms with Crippen molar-refractivity contribution in [2.45, 2.75) is 41.7 Å². The number of anilines is 1. The van der Waals surface area contributed by atoms with Crippen LogP contribution in [0.3, 0.4) is 0 Å². The molecule has 0 saturated heterocycles. The molecular formula is C26H30N8O4S4. The number of aryl methyl sites for hydroxylation is 2. The van der Waals surface area contributed by atoms with E-state index in [1.54, 1.807) is 11.8 Å². The first kappa shape index (κ1) is 31.6. The van der Waals surface area contributed by atoms with Crippen LogP contribution in [0.25, 0.3) is 5.69 Å². The normalized spacial score (nSPS) is 11.6. The number of carbonyl (C=O) groups is 2. The highest BCUT2D eigenvalue weighted by Gasteiger charge is 2.20. The van der Waals surface area contributed by atoms with Gasteiger partial charge in [0.15, 0.2) is 15.3 Å². The van der Waals surface area contributed by atoms with Gasteiger partial charge in [-0.3, -0.25) is 19.5 Å². The topological polar surface area (TPSA) is 152 Å². The molecule has 0 aliphatic heterocycles. The molecule has 16 heteroatoms. The highest BCUT2D eigenvalue weighted by molar-refractivity contribution is 8.01. The molecule has 2 heterocycles. The van der Waals surface area contributed by atoms with E-state index >= 15 is 0 Å². The Bertz CT molecular complexity index is 1680. The Hall–Kier alpha value is -3.31. The maximum Gasteiger partial charge on any atom is 0.251 e. The minimum absolute atomic E-state index is 0.0480. The van der Waals surface area contributed by atoms with Gasteiger partial charge in [-0.15, -0.1) is 20.4 Å². The third kappa shape index (κ3) is 7.55. The van der Waals surface area contributed by atoms with Gasteiger partial charge in [0, 0.05) is 19.7 Å². The van der Waals surface area contributed by atoms with Crippen molar-refractivity contribution < 1.29 is 18.0 Å². The second-order valence-corrected chi connectivity index (χ2v) is 14.7. The number of hydrogen-bond acceptors (Lipinski definition) is 11. The fourth-order valence-corrected chi connectivity index (χ4v) is 7.02. The third-order valence-electron chi connectivity index (χ3n) is 5.86. The van der Waals surface area contributed by atoms with Gasteiger partial charge in [0.05, 0.1) is 22.9 Å². The number of nitrogens with one attached hydrogen (secondary N) is 2. The molecule has 0 unspecified atom stereocenters. The molecule has 0 radical (unpaired) electrons. The Balaban J connectivity index is 1.50. The summed E-state index contributed by atoms with van der Waals surface area (Å²) in [5.74, 6) is 0.743. The number of amides is 2. The molecule has 0 atom stereocenters. The molecule has 0 saturated carbocycles. The summed E-state index contributed by atoms with van der Waals surface area (Å²) in [4.78, 5) is 25.7. The fourth-order valence-electron chi connectivity index (χ4n) is 3.69. The van der Waals surface area contributed by atoms with E-state index in [0.29, 0.717) is 21.7 Å². The molecule has 0 bridgehead atoms. The average molecular weight is 647 g/mol. The minimum Gasteiger partial charge on any atom is -0.345 e. The van der Waals surface area contributed by atoms with Crippen molar-refractivity contribution in [1.82, 2.24) is 34.6 Å². The van der Waals surface area contributed by atoms with Gasteiger partial charge in [-0.2, -0.15) is 0 Å². The molecule has 0 fully saturated rings. The van der Waals surface area contributed by atoms with Crippen molar-refractivity contribution >= 4 is 61.8 Å². The zero-order valence-corrected chi connectivity index (χ0v) is 26.9. The lowest BCUT2D eigenvalue weighted by Crippen LogP contribution is -2.25. The first-order valence-corrected chi connectivity index (χ1v) is 16.9. The molecule has 12 nitrogen and oxygen atoms in total. The Morgan fingerprint density at radius 1 is 1.00 bits per heavy atom. The van der Waals surface area contributed by atoms with Gasteiger partial charge in [0.25, 0.3) is 5.91 Å². The first-order valence-electron chi connectivity index (χ1n) is 12.7. The van der Waals surface area contributed by atoms with Crippen molar-refractivity contribution in [2.75, 3.05) is 30.9 Å². The lowest BCUT2D eigenvalue weighted by Gasteiger charge is -2.14. The highest BCUT2D eigenvalue weighted by atomic mass is 32.2. The number of thioether (sulfide) groups is 2. The molecule has 0 aliphatic carbocycles. The Morgan fingerprint density at radius 3 is 2.43 bits per heavy atom. The SMILES string of the molecule is CCSc1nnc(NC(=O)CSc2nnc(CNC(=O)c3ccc(S(=O)(=O)N(C)C)cc3)n2-c2cc(C)ccc2C)s1. The molecule has 2 N–H and O–H groups in total. The van der Waals surface area contributed by atoms with Gasteiger partial charge >= 0.3 is 0 Å². The smallest absolute Gasteiger partial charge is 0.251 e. The van der Waals surface area contributed by atoms with Crippen molar-refractivity contribution in [3.8, 4) is 5.69 Å². The number of aromatic nitrogens is 5. The molecule has 0 spiro atoms. The van der Waals surface area contributed by atoms with Crippen LogP contribution in [0.15, 0.2) is 56.9 Å². The Labute approximate surface area is 256 Å². The molecule has 222 valence electrons. The molecule has 42 heavy (non-hydrogen) atoms. The summed E-state index contributed by atoms with van der Waals surface area (Å²) < 4.78 is 28.4. The summed E-state index contributed by atoms with van der Waals surface area (Å²) in [6.45, 7) is 6.00. The second kappa shape index (κ2) is 13.8. The number of hydrogen-bond donors (Lipinski definition) is 2. The van der Waals surface area contributed by atoms with Gasteiger partial charge < -0.3 is 5.32 Å². The molecule has 0 aliphatic rings. The van der Waals surface area contributed by atoms with Crippen LogP contribution < -0.4 is 10.6 Å². The standard InChI is InChI=1S/C26H30N8O4S4/c1-6-39-26-32-30-24(41-26)28-22(35)15-40-25-31-29-21(34(25)20-13-16(2)7-8-17(20)3)14-27-23(36)18-9-11-19(12-10-18)42(37,38)33(4)5/h7-13H,6,14-15H2,1-5H3,(H,27,36)(H,28,30,35). The van der Waals surface area contributed by atoms with E-state index in [2.05, 4.69) is 31.0 Å². The number of benzene rings is 2. The first-order chi connectivity index (χ1) is 20.0. The van der Waals surface area contributed by atoms with Crippen LogP contribution in [0.4, 0.5) is 5.13 Å². The summed E-state index contributed by atoms with van der Waals surface area (Å²) in [6.07, 6.45) is 0. The van der Waals surface area contributed by atoms with E-state index in [-0.39, 0.29) is 23.1 Å². The largest absolute Gasteiger partial charge is 0.345 e. The molecule has 2 aromatic carbocycles. The van der Waals surface area contributed by atoms with Crippen molar-refractivity contribution in [3.05, 3.63) is 65.0 Å². The molecule has 4 rings (SSSR count).